The van der Waals surface area contributed by atoms with E-state index in [0.717, 1.165) is 116 Å². The van der Waals surface area contributed by atoms with E-state index in [-0.39, 0.29) is 0 Å². The maximum absolute atomic E-state index is 11.5. The van der Waals surface area contributed by atoms with E-state index < -0.39 is 17.2 Å². The predicted molar refractivity (Wildman–Crippen MR) is 119 cm³/mol. The van der Waals surface area contributed by atoms with Gasteiger partial charge in [-0.05, 0) is 77.0 Å². The molecule has 0 aromatic rings. The Bertz CT molecular complexity index is 452. The second-order valence-electron chi connectivity index (χ2n) is 10.6. The van der Waals surface area contributed by atoms with Crippen LogP contribution in [-0.2, 0) is 0 Å². The minimum absolute atomic E-state index is 0.718. The molecule has 3 N–H and O–H groups in total. The first-order valence-corrected chi connectivity index (χ1v) is 12.9. The summed E-state index contributed by atoms with van der Waals surface area (Å²) < 4.78 is 0. The highest BCUT2D eigenvalue weighted by atomic mass is 16.3. The van der Waals surface area contributed by atoms with Crippen LogP contribution in [0, 0.1) is 0 Å². The molecule has 0 aromatic carbocycles. The number of rotatable bonds is 3. The van der Waals surface area contributed by atoms with Crippen molar-refractivity contribution in [1.82, 2.24) is 14.7 Å². The predicted octanol–water partition coefficient (Wildman–Crippen LogP) is 2.86. The van der Waals surface area contributed by atoms with Gasteiger partial charge < -0.3 is 15.3 Å². The van der Waals surface area contributed by atoms with Crippen molar-refractivity contribution >= 4 is 0 Å². The molecule has 1 saturated heterocycles. The van der Waals surface area contributed by atoms with Crippen LogP contribution in [0.1, 0.15) is 96.3 Å². The van der Waals surface area contributed by atoms with Gasteiger partial charge >= 0.3 is 0 Å². The normalized spacial score (nSPS) is 32.1. The van der Waals surface area contributed by atoms with E-state index in [1.807, 2.05) is 0 Å². The topological polar surface area (TPSA) is 70.4 Å². The summed E-state index contributed by atoms with van der Waals surface area (Å²) in [4.78, 5) is 6.86. The molecular weight excluding hydrogens is 378 g/mol. The minimum atomic E-state index is -0.718. The maximum atomic E-state index is 11.5. The van der Waals surface area contributed by atoms with Crippen molar-refractivity contribution in [1.29, 1.82) is 0 Å². The number of hydrogen-bond acceptors (Lipinski definition) is 6. The van der Waals surface area contributed by atoms with Crippen molar-refractivity contribution in [3.05, 3.63) is 0 Å². The molecule has 3 aliphatic carbocycles. The molecule has 30 heavy (non-hydrogen) atoms. The molecule has 0 bridgehead atoms. The first-order valence-electron chi connectivity index (χ1n) is 12.9. The Morgan fingerprint density at radius 1 is 0.333 bits per heavy atom. The lowest BCUT2D eigenvalue weighted by Gasteiger charge is -2.45. The van der Waals surface area contributed by atoms with Crippen molar-refractivity contribution in [3.63, 3.8) is 0 Å². The Labute approximate surface area is 183 Å². The molecule has 3 saturated carbocycles. The first kappa shape index (κ1) is 22.9. The van der Waals surface area contributed by atoms with E-state index >= 15 is 0 Å². The average Bonchev–Trinajstić information content (AvgIpc) is 2.87. The fourth-order valence-electron chi connectivity index (χ4n) is 6.61. The SMILES string of the molecule is OC1(N2CCN(C3(O)CCCCC3)CCN(C3(O)CCCCC3)CC2)CCCCC1. The third kappa shape index (κ3) is 5.05. The smallest absolute Gasteiger partial charge is 0.118 e. The summed E-state index contributed by atoms with van der Waals surface area (Å²) in [6.45, 7) is 4.78. The second-order valence-corrected chi connectivity index (χ2v) is 10.6. The van der Waals surface area contributed by atoms with Crippen LogP contribution in [0.3, 0.4) is 0 Å². The lowest BCUT2D eigenvalue weighted by Crippen LogP contribution is -2.56. The lowest BCUT2D eigenvalue weighted by molar-refractivity contribution is -0.154. The molecule has 0 spiro atoms. The van der Waals surface area contributed by atoms with Gasteiger partial charge in [-0.25, -0.2) is 0 Å². The molecule has 1 heterocycles. The fourth-order valence-corrected chi connectivity index (χ4v) is 6.61. The molecule has 174 valence electrons. The minimum Gasteiger partial charge on any atom is -0.376 e. The highest BCUT2D eigenvalue weighted by Crippen LogP contribution is 2.36. The van der Waals surface area contributed by atoms with Gasteiger partial charge in [-0.2, -0.15) is 0 Å². The van der Waals surface area contributed by atoms with Crippen LogP contribution >= 0.6 is 0 Å². The molecule has 1 aliphatic heterocycles. The largest absolute Gasteiger partial charge is 0.376 e. The van der Waals surface area contributed by atoms with Crippen molar-refractivity contribution in [2.45, 2.75) is 113 Å². The molecule has 4 rings (SSSR count). The zero-order valence-electron chi connectivity index (χ0n) is 19.0. The van der Waals surface area contributed by atoms with E-state index in [9.17, 15) is 15.3 Å². The molecular formula is C24H45N3O3. The molecule has 6 nitrogen and oxygen atoms in total. The van der Waals surface area contributed by atoms with Gasteiger partial charge in [-0.15, -0.1) is 0 Å². The van der Waals surface area contributed by atoms with E-state index in [4.69, 9.17) is 0 Å². The Balaban J connectivity index is 1.54. The first-order chi connectivity index (χ1) is 14.4. The van der Waals surface area contributed by atoms with Crippen LogP contribution in [0.15, 0.2) is 0 Å². The molecule has 0 unspecified atom stereocenters. The second kappa shape index (κ2) is 9.72. The Morgan fingerprint density at radius 3 is 0.733 bits per heavy atom. The standard InChI is InChI=1S/C24H45N3O3/c28-22(10-4-1-5-11-22)25-16-18-26(23(29)12-6-2-7-13-23)20-21-27(19-17-25)24(30)14-8-3-9-15-24/h28-30H,1-21H2. The Morgan fingerprint density at radius 2 is 0.533 bits per heavy atom. The van der Waals surface area contributed by atoms with Crippen molar-refractivity contribution in [2.75, 3.05) is 39.3 Å². The van der Waals surface area contributed by atoms with Gasteiger partial charge in [0.25, 0.3) is 0 Å². The highest BCUT2D eigenvalue weighted by Gasteiger charge is 2.42. The van der Waals surface area contributed by atoms with Gasteiger partial charge in [0, 0.05) is 39.3 Å². The van der Waals surface area contributed by atoms with Crippen LogP contribution < -0.4 is 0 Å². The summed E-state index contributed by atoms with van der Waals surface area (Å²) in [5.41, 5.74) is -2.15. The quantitative estimate of drug-likeness (QED) is 0.648. The van der Waals surface area contributed by atoms with Crippen LogP contribution in [0.25, 0.3) is 0 Å². The molecule has 4 aliphatic rings. The van der Waals surface area contributed by atoms with Crippen molar-refractivity contribution in [2.24, 2.45) is 0 Å². The van der Waals surface area contributed by atoms with Gasteiger partial charge in [0.2, 0.25) is 0 Å². The molecule has 6 heteroatoms. The summed E-state index contributed by atoms with van der Waals surface area (Å²) in [6.07, 6.45) is 15.3. The molecule has 0 aromatic heterocycles. The van der Waals surface area contributed by atoms with Gasteiger partial charge in [-0.1, -0.05) is 19.3 Å². The molecule has 0 radical (unpaired) electrons. The Hall–Kier alpha value is -0.240. The van der Waals surface area contributed by atoms with E-state index in [2.05, 4.69) is 14.7 Å². The average molecular weight is 424 g/mol. The zero-order valence-corrected chi connectivity index (χ0v) is 19.0. The third-order valence-electron chi connectivity index (χ3n) is 8.65. The summed E-state index contributed by atoms with van der Waals surface area (Å²) in [7, 11) is 0. The fraction of sp³-hybridized carbons (Fsp3) is 1.00. The van der Waals surface area contributed by atoms with E-state index in [1.54, 1.807) is 0 Å². The van der Waals surface area contributed by atoms with Crippen molar-refractivity contribution in [3.8, 4) is 0 Å². The number of hydrogen-bond donors (Lipinski definition) is 3. The number of aliphatic hydroxyl groups is 3. The Kier molecular flexibility index (Phi) is 7.43. The monoisotopic (exact) mass is 423 g/mol. The van der Waals surface area contributed by atoms with Gasteiger partial charge in [0.15, 0.2) is 0 Å². The maximum Gasteiger partial charge on any atom is 0.118 e. The van der Waals surface area contributed by atoms with Crippen molar-refractivity contribution < 1.29 is 15.3 Å². The molecule has 0 atom stereocenters. The van der Waals surface area contributed by atoms with Gasteiger partial charge in [-0.3, -0.25) is 14.7 Å². The lowest BCUT2D eigenvalue weighted by atomic mass is 9.89. The highest BCUT2D eigenvalue weighted by molar-refractivity contribution is 4.92. The summed E-state index contributed by atoms with van der Waals surface area (Å²) >= 11 is 0. The molecule has 0 amide bonds. The van der Waals surface area contributed by atoms with Crippen LogP contribution in [0.4, 0.5) is 0 Å². The molecule has 4 fully saturated rings. The summed E-state index contributed by atoms with van der Waals surface area (Å²) in [5, 5.41) is 34.5. The summed E-state index contributed by atoms with van der Waals surface area (Å²) in [5.74, 6) is 0. The third-order valence-corrected chi connectivity index (χ3v) is 8.65. The van der Waals surface area contributed by atoms with E-state index in [0.29, 0.717) is 0 Å². The number of nitrogens with zero attached hydrogens (tertiary/aromatic N) is 3. The van der Waals surface area contributed by atoms with Crippen LogP contribution in [-0.4, -0.2) is 86.5 Å². The van der Waals surface area contributed by atoms with Gasteiger partial charge in [0.05, 0.1) is 0 Å². The van der Waals surface area contributed by atoms with Crippen LogP contribution in [0.5, 0.6) is 0 Å². The van der Waals surface area contributed by atoms with Gasteiger partial charge in [0.1, 0.15) is 17.2 Å². The summed E-state index contributed by atoms with van der Waals surface area (Å²) in [6, 6.07) is 0. The van der Waals surface area contributed by atoms with Crippen LogP contribution in [0.2, 0.25) is 0 Å². The zero-order chi connectivity index (χ0) is 21.1. The van der Waals surface area contributed by atoms with E-state index in [1.165, 1.54) is 19.3 Å².